The third-order valence-corrected chi connectivity index (χ3v) is 5.43. The number of morpholine rings is 1. The number of hydrogen-bond donors (Lipinski definition) is 1. The van der Waals surface area contributed by atoms with E-state index >= 15 is 0 Å². The van der Waals surface area contributed by atoms with Crippen molar-refractivity contribution >= 4 is 5.91 Å². The molecular formula is C20H16F2N4O5. The van der Waals surface area contributed by atoms with E-state index in [0.717, 1.165) is 18.2 Å². The molecule has 1 aromatic carbocycles. The second-order valence-electron chi connectivity index (χ2n) is 7.15. The van der Waals surface area contributed by atoms with E-state index in [0.29, 0.717) is 5.56 Å². The fourth-order valence-electron chi connectivity index (χ4n) is 4.03. The second-order valence-corrected chi connectivity index (χ2v) is 7.15. The summed E-state index contributed by atoms with van der Waals surface area (Å²) in [5, 5.41) is 15.7. The molecule has 5 rings (SSSR count). The highest BCUT2D eigenvalue weighted by atomic mass is 19.2. The van der Waals surface area contributed by atoms with Crippen LogP contribution in [0.1, 0.15) is 27.9 Å². The third-order valence-electron chi connectivity index (χ3n) is 5.43. The Morgan fingerprint density at radius 3 is 2.74 bits per heavy atom. The average molecular weight is 430 g/mol. The molecule has 160 valence electrons. The van der Waals surface area contributed by atoms with E-state index < -0.39 is 40.9 Å². The minimum absolute atomic E-state index is 0.104. The first kappa shape index (κ1) is 19.2. The minimum Gasteiger partial charge on any atom is -0.502 e. The van der Waals surface area contributed by atoms with Crippen molar-refractivity contribution in [3.8, 4) is 5.75 Å². The first-order chi connectivity index (χ1) is 15.0. The van der Waals surface area contributed by atoms with E-state index in [2.05, 4.69) is 5.16 Å². The number of rotatable bonds is 3. The van der Waals surface area contributed by atoms with E-state index in [-0.39, 0.29) is 31.2 Å². The zero-order valence-electron chi connectivity index (χ0n) is 15.9. The first-order valence-corrected chi connectivity index (χ1v) is 9.45. The van der Waals surface area contributed by atoms with Gasteiger partial charge in [-0.15, -0.1) is 0 Å². The van der Waals surface area contributed by atoms with E-state index in [4.69, 9.17) is 9.26 Å². The van der Waals surface area contributed by atoms with Crippen LogP contribution in [-0.4, -0.2) is 51.7 Å². The lowest BCUT2D eigenvalue weighted by molar-refractivity contribution is -0.0204. The van der Waals surface area contributed by atoms with Crippen molar-refractivity contribution in [2.24, 2.45) is 0 Å². The Bertz CT molecular complexity index is 1210. The maximum absolute atomic E-state index is 14.1. The second kappa shape index (κ2) is 7.20. The summed E-state index contributed by atoms with van der Waals surface area (Å²) < 4.78 is 40.0. The number of nitrogens with zero attached hydrogens (tertiary/aromatic N) is 4. The van der Waals surface area contributed by atoms with Crippen molar-refractivity contribution in [1.82, 2.24) is 14.7 Å². The van der Waals surface area contributed by atoms with E-state index in [1.807, 2.05) is 0 Å². The summed E-state index contributed by atoms with van der Waals surface area (Å²) in [6, 6.07) is 5.18. The van der Waals surface area contributed by atoms with E-state index in [9.17, 15) is 23.5 Å². The number of benzene rings is 1. The molecule has 11 heteroatoms. The standard InChI is InChI=1S/C20H16F2N4O5/c21-12-2-1-11(9-13(12)22)17(15-3-5-23-31-15)26-16-10-30-8-7-24(16)20(29)18-19(28)14(27)4-6-25(18)26/h1-6,9,16-17,28H,7-8,10H2/t16-,17-/m1/s1. The fourth-order valence-corrected chi connectivity index (χ4v) is 4.03. The van der Waals surface area contributed by atoms with Gasteiger partial charge >= 0.3 is 0 Å². The predicted octanol–water partition coefficient (Wildman–Crippen LogP) is 1.36. The molecule has 0 spiro atoms. The molecule has 1 fully saturated rings. The molecule has 31 heavy (non-hydrogen) atoms. The Morgan fingerprint density at radius 1 is 1.16 bits per heavy atom. The van der Waals surface area contributed by atoms with Crippen molar-refractivity contribution in [1.29, 1.82) is 0 Å². The smallest absolute Gasteiger partial charge is 0.278 e. The molecule has 9 nitrogen and oxygen atoms in total. The maximum Gasteiger partial charge on any atom is 0.278 e. The molecule has 2 aliphatic rings. The third kappa shape index (κ3) is 2.96. The van der Waals surface area contributed by atoms with Crippen molar-refractivity contribution in [3.63, 3.8) is 0 Å². The molecule has 3 aromatic rings. The van der Waals surface area contributed by atoms with Gasteiger partial charge in [-0.2, -0.15) is 0 Å². The van der Waals surface area contributed by atoms with E-state index in [1.54, 1.807) is 11.1 Å². The summed E-state index contributed by atoms with van der Waals surface area (Å²) in [4.78, 5) is 26.6. The summed E-state index contributed by atoms with van der Waals surface area (Å²) in [5.74, 6) is -3.05. The SMILES string of the molecule is O=C1c2c(O)c(=O)ccn2N([C@H](c2ccc(F)c(F)c2)c2ccno2)[C@@H]2COCCN12. The zero-order valence-corrected chi connectivity index (χ0v) is 15.9. The minimum atomic E-state index is -1.06. The van der Waals surface area contributed by atoms with Gasteiger partial charge in [-0.1, -0.05) is 11.2 Å². The number of halogens is 2. The molecule has 2 aromatic heterocycles. The highest BCUT2D eigenvalue weighted by molar-refractivity contribution is 5.96. The summed E-state index contributed by atoms with van der Waals surface area (Å²) in [5.41, 5.74) is -0.646. The van der Waals surface area contributed by atoms with Crippen molar-refractivity contribution < 1.29 is 27.9 Å². The summed E-state index contributed by atoms with van der Waals surface area (Å²) in [6.07, 6.45) is 2.06. The number of ether oxygens (including phenoxy) is 1. The zero-order chi connectivity index (χ0) is 21.7. The number of fused-ring (bicyclic) bond motifs is 2. The number of carbonyl (C=O) groups is 1. The number of pyridine rings is 1. The topological polar surface area (TPSA) is 101 Å². The van der Waals surface area contributed by atoms with Crippen LogP contribution in [0.5, 0.6) is 5.75 Å². The lowest BCUT2D eigenvalue weighted by Crippen LogP contribution is -2.66. The van der Waals surface area contributed by atoms with Gasteiger partial charge in [0.2, 0.25) is 5.43 Å². The van der Waals surface area contributed by atoms with Crippen LogP contribution in [0.25, 0.3) is 0 Å². The van der Waals surface area contributed by atoms with Crippen molar-refractivity contribution in [3.05, 3.63) is 81.6 Å². The number of hydrogen-bond acceptors (Lipinski definition) is 7. The molecule has 0 saturated carbocycles. The summed E-state index contributed by atoms with van der Waals surface area (Å²) >= 11 is 0. The Kier molecular flexibility index (Phi) is 4.47. The maximum atomic E-state index is 14.1. The van der Waals surface area contributed by atoms with Crippen molar-refractivity contribution in [2.75, 3.05) is 24.8 Å². The number of carbonyl (C=O) groups excluding carboxylic acids is 1. The number of aromatic hydroxyl groups is 1. The monoisotopic (exact) mass is 430 g/mol. The van der Waals surface area contributed by atoms with Crippen LogP contribution in [0.3, 0.4) is 0 Å². The lowest BCUT2D eigenvalue weighted by Gasteiger charge is -2.50. The molecule has 4 heterocycles. The average Bonchev–Trinajstić information content (AvgIpc) is 3.30. The molecule has 1 N–H and O–H groups in total. The van der Waals surface area contributed by atoms with Crippen LogP contribution >= 0.6 is 0 Å². The number of aromatic nitrogens is 2. The van der Waals surface area contributed by atoms with Gasteiger partial charge in [0.15, 0.2) is 28.8 Å². The predicted molar refractivity (Wildman–Crippen MR) is 101 cm³/mol. The number of amides is 1. The van der Waals surface area contributed by atoms with Crippen LogP contribution in [0.2, 0.25) is 0 Å². The molecule has 2 aliphatic heterocycles. The van der Waals surface area contributed by atoms with Crippen LogP contribution in [-0.2, 0) is 4.74 Å². The van der Waals surface area contributed by atoms with Crippen LogP contribution in [0.15, 0.2) is 52.0 Å². The Balaban J connectivity index is 1.77. The van der Waals surface area contributed by atoms with Crippen LogP contribution in [0.4, 0.5) is 8.78 Å². The molecule has 0 unspecified atom stereocenters. The molecule has 0 radical (unpaired) electrons. The Labute approximate surface area is 173 Å². The molecular weight excluding hydrogens is 414 g/mol. The normalized spacial score (nSPS) is 19.2. The lowest BCUT2D eigenvalue weighted by atomic mass is 10.0. The summed E-state index contributed by atoms with van der Waals surface area (Å²) in [6.45, 7) is 0.585. The van der Waals surface area contributed by atoms with Crippen LogP contribution in [0, 0.1) is 11.6 Å². The van der Waals surface area contributed by atoms with Gasteiger partial charge in [-0.3, -0.25) is 19.3 Å². The van der Waals surface area contributed by atoms with Gasteiger partial charge in [-0.25, -0.2) is 8.78 Å². The van der Waals surface area contributed by atoms with E-state index in [1.165, 1.54) is 28.0 Å². The Hall–Kier alpha value is -3.73. The van der Waals surface area contributed by atoms with Gasteiger partial charge in [0.1, 0.15) is 12.2 Å². The molecule has 1 amide bonds. The highest BCUT2D eigenvalue weighted by Gasteiger charge is 2.45. The quantitative estimate of drug-likeness (QED) is 0.670. The molecule has 2 atom stereocenters. The Morgan fingerprint density at radius 2 is 2.00 bits per heavy atom. The highest BCUT2D eigenvalue weighted by Crippen LogP contribution is 2.36. The fraction of sp³-hybridized carbons (Fsp3) is 0.250. The molecule has 0 bridgehead atoms. The van der Waals surface area contributed by atoms with Crippen LogP contribution < -0.4 is 10.4 Å². The molecule has 0 aliphatic carbocycles. The van der Waals surface area contributed by atoms with Gasteiger partial charge < -0.3 is 19.3 Å². The molecule has 1 saturated heterocycles. The van der Waals surface area contributed by atoms with Gasteiger partial charge in [0, 0.05) is 24.9 Å². The van der Waals surface area contributed by atoms with Gasteiger partial charge in [-0.05, 0) is 17.7 Å². The van der Waals surface area contributed by atoms with Gasteiger partial charge in [0.05, 0.1) is 19.4 Å². The van der Waals surface area contributed by atoms with Crippen molar-refractivity contribution in [2.45, 2.75) is 12.2 Å². The van der Waals surface area contributed by atoms with Gasteiger partial charge in [0.25, 0.3) is 5.91 Å². The summed E-state index contributed by atoms with van der Waals surface area (Å²) in [7, 11) is 0. The largest absolute Gasteiger partial charge is 0.502 e. The first-order valence-electron chi connectivity index (χ1n) is 9.45.